The van der Waals surface area contributed by atoms with E-state index in [2.05, 4.69) is 10.3 Å². The number of aryl methyl sites for hydroxylation is 2. The highest BCUT2D eigenvalue weighted by Gasteiger charge is 2.01. The summed E-state index contributed by atoms with van der Waals surface area (Å²) in [7, 11) is 0. The number of rotatable bonds is 4. The molecule has 0 aromatic carbocycles. The van der Waals surface area contributed by atoms with Gasteiger partial charge in [-0.25, -0.2) is 4.98 Å². The van der Waals surface area contributed by atoms with Crippen LogP contribution in [0.5, 0.6) is 0 Å². The number of aromatic nitrogens is 2. The van der Waals surface area contributed by atoms with Gasteiger partial charge < -0.3 is 9.88 Å². The van der Waals surface area contributed by atoms with E-state index in [9.17, 15) is 4.79 Å². The molecular formula is C9H15N3O. The average molecular weight is 181 g/mol. The van der Waals surface area contributed by atoms with E-state index >= 15 is 0 Å². The van der Waals surface area contributed by atoms with Gasteiger partial charge in [-0.1, -0.05) is 0 Å². The molecule has 0 spiro atoms. The molecule has 0 saturated heterocycles. The van der Waals surface area contributed by atoms with Crippen LogP contribution in [0.25, 0.3) is 0 Å². The van der Waals surface area contributed by atoms with Crippen LogP contribution in [0.3, 0.4) is 0 Å². The first-order chi connectivity index (χ1) is 6.24. The maximum Gasteiger partial charge on any atom is 0.221 e. The highest BCUT2D eigenvalue weighted by atomic mass is 16.1. The average Bonchev–Trinajstić information content (AvgIpc) is 2.48. The standard InChI is InChI=1S/C9H15N3O/c1-3-10-9(13)4-6-12-7-5-11-8(12)2/h5,7H,3-4,6H2,1-2H3,(H,10,13). The van der Waals surface area contributed by atoms with Crippen molar-refractivity contribution in [1.82, 2.24) is 14.9 Å². The number of carbonyl (C=O) groups is 1. The Labute approximate surface area is 78.0 Å². The van der Waals surface area contributed by atoms with E-state index in [0.29, 0.717) is 19.5 Å². The van der Waals surface area contributed by atoms with Gasteiger partial charge in [0.15, 0.2) is 0 Å². The summed E-state index contributed by atoms with van der Waals surface area (Å²) in [4.78, 5) is 15.2. The van der Waals surface area contributed by atoms with Crippen LogP contribution in [0.1, 0.15) is 19.2 Å². The molecule has 0 fully saturated rings. The fourth-order valence-electron chi connectivity index (χ4n) is 1.15. The van der Waals surface area contributed by atoms with Crippen molar-refractivity contribution in [2.75, 3.05) is 6.54 Å². The lowest BCUT2D eigenvalue weighted by Crippen LogP contribution is -2.23. The Bertz CT molecular complexity index is 280. The first kappa shape index (κ1) is 9.77. The van der Waals surface area contributed by atoms with E-state index in [0.717, 1.165) is 5.82 Å². The van der Waals surface area contributed by atoms with Crippen molar-refractivity contribution in [3.8, 4) is 0 Å². The molecule has 0 atom stereocenters. The Morgan fingerprint density at radius 3 is 3.00 bits per heavy atom. The Kier molecular flexibility index (Phi) is 3.49. The van der Waals surface area contributed by atoms with Crippen LogP contribution in [-0.2, 0) is 11.3 Å². The van der Waals surface area contributed by atoms with Crippen LogP contribution in [0, 0.1) is 6.92 Å². The topological polar surface area (TPSA) is 46.9 Å². The van der Waals surface area contributed by atoms with Gasteiger partial charge in [-0.15, -0.1) is 0 Å². The third-order valence-corrected chi connectivity index (χ3v) is 1.88. The van der Waals surface area contributed by atoms with Gasteiger partial charge in [0.05, 0.1) is 0 Å². The highest BCUT2D eigenvalue weighted by molar-refractivity contribution is 5.75. The van der Waals surface area contributed by atoms with E-state index in [1.165, 1.54) is 0 Å². The molecule has 1 N–H and O–H groups in total. The largest absolute Gasteiger partial charge is 0.356 e. The minimum Gasteiger partial charge on any atom is -0.356 e. The summed E-state index contributed by atoms with van der Waals surface area (Å²) in [6.45, 7) is 5.25. The van der Waals surface area contributed by atoms with Gasteiger partial charge in [-0.3, -0.25) is 4.79 Å². The van der Waals surface area contributed by atoms with Gasteiger partial charge in [-0.05, 0) is 13.8 Å². The molecule has 0 aliphatic rings. The molecule has 4 heteroatoms. The second-order valence-corrected chi connectivity index (χ2v) is 2.87. The number of nitrogens with zero attached hydrogens (tertiary/aromatic N) is 2. The zero-order chi connectivity index (χ0) is 9.68. The molecule has 1 rings (SSSR count). The molecule has 0 aliphatic heterocycles. The maximum absolute atomic E-state index is 11.1. The molecule has 0 bridgehead atoms. The van der Waals surface area contributed by atoms with E-state index in [1.807, 2.05) is 24.6 Å². The Morgan fingerprint density at radius 1 is 1.69 bits per heavy atom. The molecule has 72 valence electrons. The summed E-state index contributed by atoms with van der Waals surface area (Å²) in [5.74, 6) is 1.04. The molecule has 1 aromatic heterocycles. The molecule has 1 amide bonds. The lowest BCUT2D eigenvalue weighted by Gasteiger charge is -2.04. The van der Waals surface area contributed by atoms with Crippen molar-refractivity contribution in [2.45, 2.75) is 26.8 Å². The number of nitrogens with one attached hydrogen (secondary N) is 1. The van der Waals surface area contributed by atoms with Crippen molar-refractivity contribution in [2.24, 2.45) is 0 Å². The van der Waals surface area contributed by atoms with Crippen molar-refractivity contribution < 1.29 is 4.79 Å². The van der Waals surface area contributed by atoms with Crippen molar-refractivity contribution in [1.29, 1.82) is 0 Å². The van der Waals surface area contributed by atoms with Gasteiger partial charge in [0.2, 0.25) is 5.91 Å². The smallest absolute Gasteiger partial charge is 0.221 e. The first-order valence-electron chi connectivity index (χ1n) is 4.48. The molecule has 0 saturated carbocycles. The van der Waals surface area contributed by atoms with Gasteiger partial charge in [0.1, 0.15) is 5.82 Å². The number of hydrogen-bond acceptors (Lipinski definition) is 2. The van der Waals surface area contributed by atoms with Crippen molar-refractivity contribution >= 4 is 5.91 Å². The lowest BCUT2D eigenvalue weighted by molar-refractivity contribution is -0.121. The van der Waals surface area contributed by atoms with Crippen molar-refractivity contribution in [3.05, 3.63) is 18.2 Å². The van der Waals surface area contributed by atoms with E-state index in [-0.39, 0.29) is 5.91 Å². The number of imidazole rings is 1. The number of hydrogen-bond donors (Lipinski definition) is 1. The van der Waals surface area contributed by atoms with Crippen LogP contribution >= 0.6 is 0 Å². The Balaban J connectivity index is 2.35. The fourth-order valence-corrected chi connectivity index (χ4v) is 1.15. The Hall–Kier alpha value is -1.32. The second-order valence-electron chi connectivity index (χ2n) is 2.87. The molecule has 1 heterocycles. The molecule has 0 unspecified atom stereocenters. The summed E-state index contributed by atoms with van der Waals surface area (Å²) in [6, 6.07) is 0. The SMILES string of the molecule is CCNC(=O)CCn1ccnc1C. The predicted octanol–water partition coefficient (Wildman–Crippen LogP) is 0.718. The van der Waals surface area contributed by atoms with E-state index < -0.39 is 0 Å². The van der Waals surface area contributed by atoms with Crippen LogP contribution in [0.4, 0.5) is 0 Å². The number of amides is 1. The first-order valence-corrected chi connectivity index (χ1v) is 4.48. The normalized spacial score (nSPS) is 10.0. The second kappa shape index (κ2) is 4.64. The third kappa shape index (κ3) is 2.89. The molecule has 4 nitrogen and oxygen atoms in total. The van der Waals surface area contributed by atoms with Crippen LogP contribution in [0.15, 0.2) is 12.4 Å². The summed E-state index contributed by atoms with van der Waals surface area (Å²) >= 11 is 0. The maximum atomic E-state index is 11.1. The summed E-state index contributed by atoms with van der Waals surface area (Å²) in [5.41, 5.74) is 0. The van der Waals surface area contributed by atoms with Gasteiger partial charge in [0, 0.05) is 31.9 Å². The van der Waals surface area contributed by atoms with Gasteiger partial charge in [0.25, 0.3) is 0 Å². The quantitative estimate of drug-likeness (QED) is 0.744. The number of carbonyl (C=O) groups excluding carboxylic acids is 1. The minimum atomic E-state index is 0.0931. The predicted molar refractivity (Wildman–Crippen MR) is 50.3 cm³/mol. The zero-order valence-corrected chi connectivity index (χ0v) is 8.08. The van der Waals surface area contributed by atoms with Crippen molar-refractivity contribution in [3.63, 3.8) is 0 Å². The molecule has 0 aliphatic carbocycles. The molecule has 13 heavy (non-hydrogen) atoms. The monoisotopic (exact) mass is 181 g/mol. The summed E-state index contributed by atoms with van der Waals surface area (Å²) in [5, 5.41) is 2.75. The summed E-state index contributed by atoms with van der Waals surface area (Å²) < 4.78 is 1.97. The van der Waals surface area contributed by atoms with Crippen LogP contribution in [-0.4, -0.2) is 22.0 Å². The molecular weight excluding hydrogens is 166 g/mol. The van der Waals surface area contributed by atoms with Crippen LogP contribution < -0.4 is 5.32 Å². The fraction of sp³-hybridized carbons (Fsp3) is 0.556. The van der Waals surface area contributed by atoms with Gasteiger partial charge in [-0.2, -0.15) is 0 Å². The van der Waals surface area contributed by atoms with E-state index in [4.69, 9.17) is 0 Å². The van der Waals surface area contributed by atoms with Gasteiger partial charge >= 0.3 is 0 Å². The molecule has 1 aromatic rings. The molecule has 0 radical (unpaired) electrons. The minimum absolute atomic E-state index is 0.0931. The third-order valence-electron chi connectivity index (χ3n) is 1.88. The van der Waals surface area contributed by atoms with E-state index in [1.54, 1.807) is 6.20 Å². The van der Waals surface area contributed by atoms with Crippen LogP contribution in [0.2, 0.25) is 0 Å². The zero-order valence-electron chi connectivity index (χ0n) is 8.08. The lowest BCUT2D eigenvalue weighted by atomic mass is 10.4. The Morgan fingerprint density at radius 2 is 2.46 bits per heavy atom. The summed E-state index contributed by atoms with van der Waals surface area (Å²) in [6.07, 6.45) is 4.15. The highest BCUT2D eigenvalue weighted by Crippen LogP contribution is 1.96.